The van der Waals surface area contributed by atoms with Crippen molar-refractivity contribution in [2.24, 2.45) is 0 Å². The summed E-state index contributed by atoms with van der Waals surface area (Å²) in [6.45, 7) is 2.00. The predicted molar refractivity (Wildman–Crippen MR) is 125 cm³/mol. The lowest BCUT2D eigenvalue weighted by atomic mass is 9.97. The maximum atomic E-state index is 13.6. The Morgan fingerprint density at radius 1 is 1.24 bits per heavy atom. The first-order chi connectivity index (χ1) is 16.5. The van der Waals surface area contributed by atoms with Crippen LogP contribution in [0.2, 0.25) is 0 Å². The maximum absolute atomic E-state index is 13.6. The van der Waals surface area contributed by atoms with Crippen LogP contribution in [0.25, 0.3) is 0 Å². The van der Waals surface area contributed by atoms with Crippen LogP contribution in [-0.4, -0.2) is 42.5 Å². The van der Waals surface area contributed by atoms with Crippen molar-refractivity contribution >= 4 is 11.9 Å². The molecule has 2 aromatic rings. The number of carbonyl (C=O) groups excluding carboxylic acids is 1. The van der Waals surface area contributed by atoms with Gasteiger partial charge < -0.3 is 24.9 Å². The molecule has 0 spiro atoms. The highest BCUT2D eigenvalue weighted by molar-refractivity contribution is 5.75. The van der Waals surface area contributed by atoms with E-state index in [1.165, 1.54) is 5.56 Å². The van der Waals surface area contributed by atoms with Gasteiger partial charge in [-0.25, -0.2) is 0 Å². The molecule has 1 aliphatic heterocycles. The molecule has 182 valence electrons. The number of ether oxygens (including phenoxy) is 2. The van der Waals surface area contributed by atoms with Crippen LogP contribution in [-0.2, 0) is 33.6 Å². The second-order valence-electron chi connectivity index (χ2n) is 8.92. The Hall–Kier alpha value is -2.94. The van der Waals surface area contributed by atoms with Gasteiger partial charge in [-0.2, -0.15) is 0 Å². The van der Waals surface area contributed by atoms with E-state index in [-0.39, 0.29) is 24.7 Å². The number of hydroxylamine groups is 2. The number of carboxylic acids is 1. The Labute approximate surface area is 199 Å². The number of hydrogen-bond donors (Lipinski definition) is 3. The molecule has 3 N–H and O–H groups in total. The lowest BCUT2D eigenvalue weighted by Gasteiger charge is -2.36. The highest BCUT2D eigenvalue weighted by Gasteiger charge is 2.37. The summed E-state index contributed by atoms with van der Waals surface area (Å²) in [4.78, 5) is 24.4. The third-order valence-electron chi connectivity index (χ3n) is 6.61. The van der Waals surface area contributed by atoms with Crippen LogP contribution in [0.3, 0.4) is 0 Å². The first kappa shape index (κ1) is 24.2. The van der Waals surface area contributed by atoms with E-state index < -0.39 is 30.2 Å². The second-order valence-corrected chi connectivity index (χ2v) is 8.92. The topological polar surface area (TPSA) is 112 Å². The molecule has 2 aliphatic rings. The molecule has 3 unspecified atom stereocenters. The number of carbonyl (C=O) groups is 2. The van der Waals surface area contributed by atoms with Gasteiger partial charge in [-0.05, 0) is 67.9 Å². The molecule has 2 aromatic carbocycles. The van der Waals surface area contributed by atoms with E-state index >= 15 is 0 Å². The van der Waals surface area contributed by atoms with E-state index in [0.717, 1.165) is 30.4 Å². The largest absolute Gasteiger partial charge is 0.633 e. The fraction of sp³-hybridized carbons (Fsp3) is 0.462. The van der Waals surface area contributed by atoms with E-state index in [9.17, 15) is 19.9 Å². The number of quaternary nitrogens is 1. The van der Waals surface area contributed by atoms with Gasteiger partial charge in [0.05, 0.1) is 12.2 Å². The summed E-state index contributed by atoms with van der Waals surface area (Å²) >= 11 is 0. The summed E-state index contributed by atoms with van der Waals surface area (Å²) in [5.74, 6) is -0.903. The SMILES string of the molecule is CCOC(=O)C(CCc1ccccc1)N[C@@H]1COc2cc3c(cc2C(CC(=O)O)[NH+]1[O-])CCC3. The lowest BCUT2D eigenvalue weighted by Crippen LogP contribution is -3.14. The highest BCUT2D eigenvalue weighted by atomic mass is 16.5. The molecule has 8 heteroatoms. The number of nitrogens with one attached hydrogen (secondary N) is 2. The molecule has 0 saturated heterocycles. The average Bonchev–Trinajstić information content (AvgIpc) is 3.25. The Balaban J connectivity index is 1.56. The standard InChI is InChI=1S/C26H32N2O6/c1-2-33-26(31)21(12-11-17-7-4-3-5-8-17)27-24-16-34-23-14-19-10-6-9-18(19)13-20(23)22(28(24)32)15-25(29)30/h3-5,7-8,13-14,21-22,24,27-28H,2,6,9-12,15-16H2,1H3,(H,29,30)/t21?,22?,24-/m0/s1. The van der Waals surface area contributed by atoms with E-state index in [2.05, 4.69) is 5.32 Å². The van der Waals surface area contributed by atoms with Gasteiger partial charge in [0.25, 0.3) is 0 Å². The van der Waals surface area contributed by atoms with Crippen LogP contribution in [0.5, 0.6) is 5.75 Å². The third-order valence-corrected chi connectivity index (χ3v) is 6.61. The number of esters is 1. The summed E-state index contributed by atoms with van der Waals surface area (Å²) in [5, 5.41) is 26.0. The first-order valence-electron chi connectivity index (χ1n) is 12.0. The normalized spacial score (nSPS) is 22.1. The molecule has 0 saturated carbocycles. The van der Waals surface area contributed by atoms with Gasteiger partial charge in [0.15, 0.2) is 12.8 Å². The molecule has 8 nitrogen and oxygen atoms in total. The Morgan fingerprint density at radius 2 is 1.97 bits per heavy atom. The zero-order chi connectivity index (χ0) is 24.1. The zero-order valence-corrected chi connectivity index (χ0v) is 19.4. The van der Waals surface area contributed by atoms with Crippen LogP contribution < -0.4 is 15.1 Å². The lowest BCUT2D eigenvalue weighted by molar-refractivity contribution is -0.910. The van der Waals surface area contributed by atoms with Crippen molar-refractivity contribution in [3.05, 3.63) is 69.9 Å². The molecule has 0 bridgehead atoms. The van der Waals surface area contributed by atoms with Crippen molar-refractivity contribution in [3.8, 4) is 5.75 Å². The molecule has 34 heavy (non-hydrogen) atoms. The quantitative estimate of drug-likeness (QED) is 0.381. The van der Waals surface area contributed by atoms with Crippen molar-refractivity contribution in [3.63, 3.8) is 0 Å². The number of benzene rings is 2. The van der Waals surface area contributed by atoms with E-state index in [4.69, 9.17) is 9.47 Å². The summed E-state index contributed by atoms with van der Waals surface area (Å²) in [6, 6.07) is 12.1. The van der Waals surface area contributed by atoms with Gasteiger partial charge in [-0.1, -0.05) is 30.3 Å². The van der Waals surface area contributed by atoms with Gasteiger partial charge in [0.1, 0.15) is 24.3 Å². The van der Waals surface area contributed by atoms with Crippen LogP contribution in [0.4, 0.5) is 0 Å². The number of aliphatic carboxylic acids is 1. The Kier molecular flexibility index (Phi) is 7.82. The molecule has 1 heterocycles. The molecule has 4 atom stereocenters. The number of carboxylic acid groups (broad SMARTS) is 1. The minimum atomic E-state index is -1.04. The molecule has 0 amide bonds. The smallest absolute Gasteiger partial charge is 0.323 e. The Morgan fingerprint density at radius 3 is 2.68 bits per heavy atom. The molecular formula is C26H32N2O6. The van der Waals surface area contributed by atoms with Crippen molar-refractivity contribution in [2.75, 3.05) is 13.2 Å². The maximum Gasteiger partial charge on any atom is 0.323 e. The molecule has 1 aliphatic carbocycles. The minimum Gasteiger partial charge on any atom is -0.633 e. The summed E-state index contributed by atoms with van der Waals surface area (Å²) < 4.78 is 11.3. The third kappa shape index (κ3) is 5.58. The van der Waals surface area contributed by atoms with Gasteiger partial charge in [-0.15, -0.1) is 0 Å². The molecule has 0 radical (unpaired) electrons. The van der Waals surface area contributed by atoms with Crippen molar-refractivity contribution in [2.45, 2.75) is 63.7 Å². The number of rotatable bonds is 9. The van der Waals surface area contributed by atoms with E-state index in [0.29, 0.717) is 24.2 Å². The minimum absolute atomic E-state index is 0.0297. The number of aryl methyl sites for hydroxylation is 3. The van der Waals surface area contributed by atoms with Crippen molar-refractivity contribution in [1.82, 2.24) is 5.32 Å². The van der Waals surface area contributed by atoms with E-state index in [1.54, 1.807) is 6.92 Å². The van der Waals surface area contributed by atoms with Gasteiger partial charge in [0, 0.05) is 0 Å². The second kappa shape index (κ2) is 11.0. The Bertz CT molecular complexity index is 1010. The van der Waals surface area contributed by atoms with Crippen LogP contribution in [0.1, 0.15) is 54.5 Å². The first-order valence-corrected chi connectivity index (χ1v) is 12.0. The predicted octanol–water partition coefficient (Wildman–Crippen LogP) is 1.95. The van der Waals surface area contributed by atoms with Gasteiger partial charge in [-0.3, -0.25) is 14.9 Å². The fourth-order valence-corrected chi connectivity index (χ4v) is 4.90. The van der Waals surface area contributed by atoms with E-state index in [1.807, 2.05) is 42.5 Å². The summed E-state index contributed by atoms with van der Waals surface area (Å²) in [5.41, 5.74) is 4.06. The van der Waals surface area contributed by atoms with Gasteiger partial charge >= 0.3 is 11.9 Å². The van der Waals surface area contributed by atoms with Gasteiger partial charge in [0.2, 0.25) is 0 Å². The molecule has 0 aromatic heterocycles. The summed E-state index contributed by atoms with van der Waals surface area (Å²) in [7, 11) is 0. The molecule has 4 rings (SSSR count). The molecule has 0 fully saturated rings. The number of fused-ring (bicyclic) bond motifs is 2. The van der Waals surface area contributed by atoms with Crippen LogP contribution >= 0.6 is 0 Å². The van der Waals surface area contributed by atoms with Crippen molar-refractivity contribution in [1.29, 1.82) is 0 Å². The van der Waals surface area contributed by atoms with Crippen LogP contribution in [0.15, 0.2) is 42.5 Å². The zero-order valence-electron chi connectivity index (χ0n) is 19.4. The monoisotopic (exact) mass is 468 g/mol. The fourth-order valence-electron chi connectivity index (χ4n) is 4.90. The van der Waals surface area contributed by atoms with Crippen molar-refractivity contribution < 1.29 is 29.2 Å². The average molecular weight is 469 g/mol. The summed E-state index contributed by atoms with van der Waals surface area (Å²) in [6.07, 6.45) is 2.85. The molecular weight excluding hydrogens is 436 g/mol. The highest BCUT2D eigenvalue weighted by Crippen LogP contribution is 2.34. The number of hydrogen-bond acceptors (Lipinski definition) is 6. The van der Waals surface area contributed by atoms with Crippen LogP contribution in [0, 0.1) is 5.21 Å².